The highest BCUT2D eigenvalue weighted by atomic mass is 32.2. The quantitative estimate of drug-likeness (QED) is 0.583. The van der Waals surface area contributed by atoms with Gasteiger partial charge in [-0.1, -0.05) is 6.92 Å². The molecule has 0 atom stereocenters. The Hall–Kier alpha value is -0.510. The van der Waals surface area contributed by atoms with Crippen LogP contribution in [0.1, 0.15) is 11.8 Å². The fourth-order valence-corrected chi connectivity index (χ4v) is 3.90. The summed E-state index contributed by atoms with van der Waals surface area (Å²) in [6, 6.07) is 3.49. The van der Waals surface area contributed by atoms with Crippen molar-refractivity contribution in [3.63, 3.8) is 0 Å². The van der Waals surface area contributed by atoms with Crippen molar-refractivity contribution in [2.45, 2.75) is 17.7 Å². The molecule has 0 spiro atoms. The maximum absolute atomic E-state index is 12.1. The zero-order valence-electron chi connectivity index (χ0n) is 12.9. The summed E-state index contributed by atoms with van der Waals surface area (Å²) in [6.45, 7) is 5.67. The lowest BCUT2D eigenvalue weighted by Crippen LogP contribution is -2.28. The molecule has 122 valence electrons. The van der Waals surface area contributed by atoms with Gasteiger partial charge in [-0.2, -0.15) is 0 Å². The van der Waals surface area contributed by atoms with Gasteiger partial charge in [-0.05, 0) is 32.8 Å². The third-order valence-corrected chi connectivity index (χ3v) is 5.71. The molecule has 1 heterocycles. The highest BCUT2D eigenvalue weighted by Gasteiger charge is 2.15. The van der Waals surface area contributed by atoms with E-state index >= 15 is 0 Å². The Labute approximate surface area is 131 Å². The average molecular weight is 335 g/mol. The van der Waals surface area contributed by atoms with Crippen molar-refractivity contribution in [3.05, 3.63) is 17.0 Å². The third-order valence-electron chi connectivity index (χ3n) is 2.67. The summed E-state index contributed by atoms with van der Waals surface area (Å²) in [6.07, 6.45) is 0. The minimum Gasteiger partial charge on any atom is -0.379 e. The highest BCUT2D eigenvalue weighted by Crippen LogP contribution is 2.21. The van der Waals surface area contributed by atoms with Crippen molar-refractivity contribution in [2.75, 3.05) is 46.9 Å². The van der Waals surface area contributed by atoms with Crippen LogP contribution in [0.15, 0.2) is 16.3 Å². The van der Waals surface area contributed by atoms with Gasteiger partial charge in [-0.3, -0.25) is 0 Å². The molecule has 0 aliphatic rings. The molecule has 8 heteroatoms. The summed E-state index contributed by atoms with van der Waals surface area (Å²) >= 11 is 1.29. The number of sulfonamides is 1. The number of ether oxygens (including phenoxy) is 1. The predicted octanol–water partition coefficient (Wildman–Crippen LogP) is 0.714. The molecule has 0 unspecified atom stereocenters. The number of hydrogen-bond acceptors (Lipinski definition) is 6. The first-order valence-corrected chi connectivity index (χ1v) is 9.27. The van der Waals surface area contributed by atoms with E-state index in [9.17, 15) is 8.42 Å². The molecule has 0 amide bonds. The first kappa shape index (κ1) is 18.5. The molecule has 1 aromatic heterocycles. The molecule has 0 aromatic carbocycles. The molecule has 1 rings (SSSR count). The molecule has 1 aromatic rings. The summed E-state index contributed by atoms with van der Waals surface area (Å²) in [5.74, 6) is 0. The molecule has 0 fully saturated rings. The molecule has 2 N–H and O–H groups in total. The van der Waals surface area contributed by atoms with Gasteiger partial charge in [0.15, 0.2) is 0 Å². The molecule has 21 heavy (non-hydrogen) atoms. The van der Waals surface area contributed by atoms with Crippen LogP contribution in [0.4, 0.5) is 0 Å². The van der Waals surface area contributed by atoms with Crippen molar-refractivity contribution < 1.29 is 13.2 Å². The van der Waals surface area contributed by atoms with Crippen LogP contribution in [-0.2, 0) is 21.3 Å². The van der Waals surface area contributed by atoms with Gasteiger partial charge in [0.05, 0.1) is 13.2 Å². The number of nitrogens with zero attached hydrogens (tertiary/aromatic N) is 1. The zero-order valence-corrected chi connectivity index (χ0v) is 14.5. The van der Waals surface area contributed by atoms with E-state index in [2.05, 4.69) is 10.0 Å². The van der Waals surface area contributed by atoms with E-state index in [1.165, 1.54) is 11.3 Å². The largest absolute Gasteiger partial charge is 0.379 e. The SMILES string of the molecule is CCNCc1ccc(S(=O)(=O)NCCOCCN(C)C)s1. The number of hydrogen-bond donors (Lipinski definition) is 2. The van der Waals surface area contributed by atoms with E-state index in [0.717, 1.165) is 18.0 Å². The molecule has 0 saturated heterocycles. The first-order chi connectivity index (χ1) is 9.95. The topological polar surface area (TPSA) is 70.7 Å². The lowest BCUT2D eigenvalue weighted by molar-refractivity contribution is 0.122. The summed E-state index contributed by atoms with van der Waals surface area (Å²) in [5, 5.41) is 3.18. The lowest BCUT2D eigenvalue weighted by atomic mass is 10.4. The van der Waals surface area contributed by atoms with Gasteiger partial charge in [0.25, 0.3) is 0 Å². The Morgan fingerprint density at radius 1 is 1.29 bits per heavy atom. The van der Waals surface area contributed by atoms with Gasteiger partial charge in [-0.15, -0.1) is 11.3 Å². The molecule has 0 bridgehead atoms. The van der Waals surface area contributed by atoms with Crippen molar-refractivity contribution in [1.29, 1.82) is 0 Å². The van der Waals surface area contributed by atoms with Crippen molar-refractivity contribution in [3.8, 4) is 0 Å². The number of thiophene rings is 1. The van der Waals surface area contributed by atoms with Gasteiger partial charge in [0.1, 0.15) is 4.21 Å². The van der Waals surface area contributed by atoms with Gasteiger partial charge >= 0.3 is 0 Å². The van der Waals surface area contributed by atoms with Gasteiger partial charge < -0.3 is 15.0 Å². The van der Waals surface area contributed by atoms with Crippen molar-refractivity contribution in [2.24, 2.45) is 0 Å². The molecule has 6 nitrogen and oxygen atoms in total. The van der Waals surface area contributed by atoms with E-state index in [4.69, 9.17) is 4.74 Å². The second kappa shape index (κ2) is 9.50. The smallest absolute Gasteiger partial charge is 0.250 e. The minimum atomic E-state index is -3.42. The van der Waals surface area contributed by atoms with Crippen LogP contribution in [0.3, 0.4) is 0 Å². The lowest BCUT2D eigenvalue weighted by Gasteiger charge is -2.10. The van der Waals surface area contributed by atoms with E-state index in [-0.39, 0.29) is 6.54 Å². The average Bonchev–Trinajstić information content (AvgIpc) is 2.89. The predicted molar refractivity (Wildman–Crippen MR) is 86.3 cm³/mol. The summed E-state index contributed by atoms with van der Waals surface area (Å²) in [5.41, 5.74) is 0. The molecule has 0 radical (unpaired) electrons. The normalized spacial score (nSPS) is 12.2. The van der Waals surface area contributed by atoms with Crippen molar-refractivity contribution >= 4 is 21.4 Å². The second-order valence-electron chi connectivity index (χ2n) is 4.81. The highest BCUT2D eigenvalue weighted by molar-refractivity contribution is 7.91. The van der Waals surface area contributed by atoms with Gasteiger partial charge in [-0.25, -0.2) is 13.1 Å². The second-order valence-corrected chi connectivity index (χ2v) is 7.98. The molecular formula is C13H25N3O3S2. The van der Waals surface area contributed by atoms with Crippen LogP contribution in [0.25, 0.3) is 0 Å². The maximum atomic E-state index is 12.1. The summed E-state index contributed by atoms with van der Waals surface area (Å²) in [4.78, 5) is 3.03. The number of nitrogens with one attached hydrogen (secondary N) is 2. The molecule has 0 saturated carbocycles. The zero-order chi connectivity index (χ0) is 15.7. The Kier molecular flexibility index (Phi) is 8.38. The maximum Gasteiger partial charge on any atom is 0.250 e. The Morgan fingerprint density at radius 3 is 2.71 bits per heavy atom. The van der Waals surface area contributed by atoms with Crippen molar-refractivity contribution in [1.82, 2.24) is 14.9 Å². The van der Waals surface area contributed by atoms with Crippen LogP contribution < -0.4 is 10.0 Å². The Balaban J connectivity index is 2.34. The molecule has 0 aliphatic carbocycles. The van der Waals surface area contributed by atoms with Gasteiger partial charge in [0, 0.05) is 24.5 Å². The Morgan fingerprint density at radius 2 is 2.05 bits per heavy atom. The number of rotatable bonds is 11. The Bertz CT molecular complexity index is 501. The summed E-state index contributed by atoms with van der Waals surface area (Å²) in [7, 11) is 0.515. The fourth-order valence-electron chi connectivity index (χ4n) is 1.51. The fraction of sp³-hybridized carbons (Fsp3) is 0.692. The summed E-state index contributed by atoms with van der Waals surface area (Å²) < 4.78 is 32.4. The van der Waals surface area contributed by atoms with Crippen LogP contribution in [0.5, 0.6) is 0 Å². The monoisotopic (exact) mass is 335 g/mol. The molecular weight excluding hydrogens is 310 g/mol. The van der Waals surface area contributed by atoms with Crippen LogP contribution in [-0.4, -0.2) is 60.3 Å². The van der Waals surface area contributed by atoms with Crippen LogP contribution in [0, 0.1) is 0 Å². The first-order valence-electron chi connectivity index (χ1n) is 6.97. The van der Waals surface area contributed by atoms with Gasteiger partial charge in [0.2, 0.25) is 10.0 Å². The third kappa shape index (κ3) is 7.35. The van der Waals surface area contributed by atoms with Crippen LogP contribution in [0.2, 0.25) is 0 Å². The molecule has 0 aliphatic heterocycles. The van der Waals surface area contributed by atoms with E-state index in [1.54, 1.807) is 6.07 Å². The standard InChI is InChI=1S/C13H25N3O3S2/c1-4-14-11-12-5-6-13(20-12)21(17,18)15-7-9-19-10-8-16(2)3/h5-6,14-15H,4,7-11H2,1-3H3. The van der Waals surface area contributed by atoms with E-state index in [1.807, 2.05) is 32.0 Å². The number of likely N-dealkylation sites (N-methyl/N-ethyl adjacent to an activating group) is 1. The van der Waals surface area contributed by atoms with Crippen LogP contribution >= 0.6 is 11.3 Å². The minimum absolute atomic E-state index is 0.288. The van der Waals surface area contributed by atoms with E-state index in [0.29, 0.717) is 24.0 Å². The van der Waals surface area contributed by atoms with E-state index < -0.39 is 10.0 Å².